The van der Waals surface area contributed by atoms with Crippen LogP contribution in [-0.4, -0.2) is 65.9 Å². The maximum atomic E-state index is 14.1. The van der Waals surface area contributed by atoms with E-state index in [-0.39, 0.29) is 36.1 Å². The van der Waals surface area contributed by atoms with Crippen LogP contribution in [0.3, 0.4) is 0 Å². The number of nitrogens with one attached hydrogen (secondary N) is 1. The summed E-state index contributed by atoms with van der Waals surface area (Å²) < 4.78 is 11.0. The molecule has 11 nitrogen and oxygen atoms in total. The van der Waals surface area contributed by atoms with Gasteiger partial charge in [-0.15, -0.1) is 0 Å². The molecule has 3 heterocycles. The van der Waals surface area contributed by atoms with Crippen LogP contribution >= 0.6 is 0 Å². The van der Waals surface area contributed by atoms with Gasteiger partial charge in [-0.3, -0.25) is 24.6 Å². The number of hydrogen-bond acceptors (Lipinski definition) is 9. The van der Waals surface area contributed by atoms with E-state index in [0.717, 1.165) is 53.8 Å². The largest absolute Gasteiger partial charge is 0.454 e. The molecule has 0 saturated carbocycles. The maximum absolute atomic E-state index is 14.1. The van der Waals surface area contributed by atoms with Crippen molar-refractivity contribution in [1.82, 2.24) is 9.80 Å². The highest BCUT2D eigenvalue weighted by Gasteiger charge is 2.42. The molecule has 7 rings (SSSR count). The van der Waals surface area contributed by atoms with E-state index in [1.165, 1.54) is 12.1 Å². The van der Waals surface area contributed by atoms with Gasteiger partial charge < -0.3 is 24.6 Å². The lowest BCUT2D eigenvalue weighted by Crippen LogP contribution is -2.51. The van der Waals surface area contributed by atoms with Crippen LogP contribution in [-0.2, 0) is 16.1 Å². The van der Waals surface area contributed by atoms with Crippen LogP contribution in [0.1, 0.15) is 43.9 Å². The summed E-state index contributed by atoms with van der Waals surface area (Å²) in [4.78, 5) is 45.6. The molecule has 0 aromatic heterocycles. The summed E-state index contributed by atoms with van der Waals surface area (Å²) in [5, 5.41) is 15.4. The van der Waals surface area contributed by atoms with E-state index in [0.29, 0.717) is 37.1 Å². The van der Waals surface area contributed by atoms with E-state index in [1.807, 2.05) is 58.3 Å². The number of piperazine rings is 1. The molecule has 238 valence electrons. The highest BCUT2D eigenvalue weighted by molar-refractivity contribution is 6.02. The van der Waals surface area contributed by atoms with Crippen molar-refractivity contribution in [2.45, 2.75) is 39.3 Å². The Kier molecular flexibility index (Phi) is 7.64. The van der Waals surface area contributed by atoms with Crippen molar-refractivity contribution in [1.29, 1.82) is 0 Å². The van der Waals surface area contributed by atoms with Gasteiger partial charge in [0.05, 0.1) is 28.9 Å². The smallest absolute Gasteiger partial charge is 0.269 e. The number of carbonyl (C=O) groups is 2. The van der Waals surface area contributed by atoms with E-state index in [4.69, 9.17) is 9.47 Å². The van der Waals surface area contributed by atoms with Gasteiger partial charge in [0.1, 0.15) is 0 Å². The van der Waals surface area contributed by atoms with Gasteiger partial charge in [0.2, 0.25) is 12.7 Å². The third-order valence-electron chi connectivity index (χ3n) is 9.27. The molecule has 0 spiro atoms. The van der Waals surface area contributed by atoms with Gasteiger partial charge in [-0.2, -0.15) is 0 Å². The van der Waals surface area contributed by atoms with Gasteiger partial charge >= 0.3 is 0 Å². The predicted octanol–water partition coefficient (Wildman–Crippen LogP) is 5.28. The normalized spacial score (nSPS) is 20.5. The summed E-state index contributed by atoms with van der Waals surface area (Å²) in [7, 11) is 0. The Morgan fingerprint density at radius 2 is 1.76 bits per heavy atom. The average molecular weight is 624 g/mol. The molecule has 11 heteroatoms. The quantitative estimate of drug-likeness (QED) is 0.289. The van der Waals surface area contributed by atoms with Gasteiger partial charge in [-0.25, -0.2) is 0 Å². The van der Waals surface area contributed by atoms with Crippen LogP contribution in [0.2, 0.25) is 0 Å². The number of fused-ring (bicyclic) bond motifs is 2. The van der Waals surface area contributed by atoms with E-state index in [1.54, 1.807) is 6.07 Å². The van der Waals surface area contributed by atoms with Crippen molar-refractivity contribution in [3.63, 3.8) is 0 Å². The lowest BCUT2D eigenvalue weighted by atomic mass is 9.73. The van der Waals surface area contributed by atoms with Crippen LogP contribution in [0.5, 0.6) is 11.5 Å². The number of benzene rings is 3. The Balaban J connectivity index is 1.17. The number of nitro benzene ring substituents is 1. The maximum Gasteiger partial charge on any atom is 0.269 e. The molecule has 1 atom stereocenters. The second-order valence-electron chi connectivity index (χ2n) is 13.2. The third kappa shape index (κ3) is 5.78. The van der Waals surface area contributed by atoms with Crippen molar-refractivity contribution >= 4 is 28.8 Å². The number of allylic oxidation sites excluding steroid dienone is 1. The molecule has 1 fully saturated rings. The first-order valence-corrected chi connectivity index (χ1v) is 15.7. The fraction of sp³-hybridized carbons (Fsp3) is 0.371. The van der Waals surface area contributed by atoms with E-state index in [2.05, 4.69) is 24.1 Å². The van der Waals surface area contributed by atoms with Crippen LogP contribution in [0.25, 0.3) is 0 Å². The highest BCUT2D eigenvalue weighted by Crippen LogP contribution is 2.48. The summed E-state index contributed by atoms with van der Waals surface area (Å²) in [6.45, 7) is 7.72. The molecule has 1 unspecified atom stereocenters. The molecule has 3 aromatic rings. The standard InChI is InChI=1S/C35H37N5O6/c1-35(2)18-27-33(29(41)19-35)34(24-6-5-7-25(17-24)40(43)44)39(28-9-4-3-8-26(28)36-27)21-32(42)38-14-12-37(13-15-38)20-23-10-11-30-31(16-23)46-22-45-30/h3-11,16-17,34,36H,12-15,18-22H2,1-2H3. The molecule has 0 bridgehead atoms. The molecule has 4 aliphatic rings. The number of anilines is 2. The SMILES string of the molecule is CC1(C)CC(=O)C2=C(C1)Nc1ccccc1N(CC(=O)N1CCN(Cc3ccc4c(c3)OCO4)CC1)C2c1cccc([N+](=O)[O-])c1. The number of hydrogen-bond donors (Lipinski definition) is 1. The molecule has 0 radical (unpaired) electrons. The zero-order valence-corrected chi connectivity index (χ0v) is 26.0. The number of ketones is 1. The molecular formula is C35H37N5O6. The van der Waals surface area contributed by atoms with Gasteiger partial charge in [-0.05, 0) is 47.2 Å². The number of non-ortho nitro benzene ring substituents is 1. The molecule has 1 aliphatic carbocycles. The summed E-state index contributed by atoms with van der Waals surface area (Å²) >= 11 is 0. The number of rotatable bonds is 6. The summed E-state index contributed by atoms with van der Waals surface area (Å²) in [5.74, 6) is 1.45. The first-order valence-electron chi connectivity index (χ1n) is 15.7. The zero-order valence-electron chi connectivity index (χ0n) is 26.0. The Morgan fingerprint density at radius 3 is 2.57 bits per heavy atom. The number of nitro groups is 1. The zero-order chi connectivity index (χ0) is 32.0. The molecule has 1 amide bonds. The second-order valence-corrected chi connectivity index (χ2v) is 13.2. The van der Waals surface area contributed by atoms with Crippen LogP contribution in [0.15, 0.2) is 78.0 Å². The number of amides is 1. The van der Waals surface area contributed by atoms with Crippen molar-refractivity contribution in [3.8, 4) is 11.5 Å². The van der Waals surface area contributed by atoms with Gasteiger partial charge in [0, 0.05) is 62.5 Å². The summed E-state index contributed by atoms with van der Waals surface area (Å²) in [5.41, 5.74) is 4.37. The second kappa shape index (κ2) is 11.8. The average Bonchev–Trinajstić information content (AvgIpc) is 3.45. The van der Waals surface area contributed by atoms with Gasteiger partial charge in [-0.1, -0.05) is 44.2 Å². The van der Waals surface area contributed by atoms with E-state index >= 15 is 0 Å². The molecule has 1 N–H and O–H groups in total. The summed E-state index contributed by atoms with van der Waals surface area (Å²) in [6, 6.07) is 19.5. The molecule has 1 saturated heterocycles. The van der Waals surface area contributed by atoms with Crippen LogP contribution < -0.4 is 19.7 Å². The Morgan fingerprint density at radius 1 is 0.978 bits per heavy atom. The van der Waals surface area contributed by atoms with Crippen molar-refractivity contribution in [3.05, 3.63) is 99.2 Å². The van der Waals surface area contributed by atoms with Gasteiger partial charge in [0.15, 0.2) is 17.3 Å². The minimum Gasteiger partial charge on any atom is -0.454 e. The third-order valence-corrected chi connectivity index (χ3v) is 9.27. The number of para-hydroxylation sites is 2. The van der Waals surface area contributed by atoms with Gasteiger partial charge in [0.25, 0.3) is 5.69 Å². The summed E-state index contributed by atoms with van der Waals surface area (Å²) in [6.07, 6.45) is 0.989. The molecule has 3 aromatic carbocycles. The lowest BCUT2D eigenvalue weighted by molar-refractivity contribution is -0.384. The lowest BCUT2D eigenvalue weighted by Gasteiger charge is -2.40. The van der Waals surface area contributed by atoms with Crippen molar-refractivity contribution in [2.24, 2.45) is 5.41 Å². The first-order chi connectivity index (χ1) is 22.1. The minimum absolute atomic E-state index is 0.0155. The predicted molar refractivity (Wildman–Crippen MR) is 173 cm³/mol. The minimum atomic E-state index is -0.675. The molecule has 3 aliphatic heterocycles. The fourth-order valence-corrected chi connectivity index (χ4v) is 7.08. The number of carbonyl (C=O) groups excluding carboxylic acids is 2. The number of Topliss-reactive ketones (excluding diaryl/α,β-unsaturated/α-hetero) is 1. The first kappa shape index (κ1) is 29.8. The van der Waals surface area contributed by atoms with E-state index < -0.39 is 11.0 Å². The van der Waals surface area contributed by atoms with Crippen LogP contribution in [0.4, 0.5) is 17.1 Å². The Labute approximate surface area is 267 Å². The monoisotopic (exact) mass is 623 g/mol. The fourth-order valence-electron chi connectivity index (χ4n) is 7.08. The Bertz CT molecular complexity index is 1740. The Hall–Kier alpha value is -4.90. The topological polar surface area (TPSA) is 117 Å². The van der Waals surface area contributed by atoms with Crippen molar-refractivity contribution in [2.75, 3.05) is 49.7 Å². The van der Waals surface area contributed by atoms with E-state index in [9.17, 15) is 19.7 Å². The molecule has 46 heavy (non-hydrogen) atoms. The number of nitrogens with zero attached hydrogens (tertiary/aromatic N) is 4. The number of ether oxygens (including phenoxy) is 2. The highest BCUT2D eigenvalue weighted by atomic mass is 16.7. The van der Waals surface area contributed by atoms with Crippen LogP contribution in [0, 0.1) is 15.5 Å². The molecular weight excluding hydrogens is 586 g/mol. The van der Waals surface area contributed by atoms with Crippen molar-refractivity contribution < 1.29 is 24.0 Å².